The number of amides is 1. The van der Waals surface area contributed by atoms with E-state index in [1.165, 1.54) is 22.0 Å². The summed E-state index contributed by atoms with van der Waals surface area (Å²) in [5.74, 6) is -0.435. The van der Waals surface area contributed by atoms with Crippen LogP contribution in [0.25, 0.3) is 0 Å². The van der Waals surface area contributed by atoms with Gasteiger partial charge in [0.1, 0.15) is 11.7 Å². The van der Waals surface area contributed by atoms with Crippen molar-refractivity contribution in [1.82, 2.24) is 9.88 Å². The molecule has 2 aromatic heterocycles. The van der Waals surface area contributed by atoms with Crippen LogP contribution in [0, 0.1) is 0 Å². The Morgan fingerprint density at radius 3 is 2.95 bits per heavy atom. The second-order valence-corrected chi connectivity index (χ2v) is 5.63. The predicted octanol–water partition coefficient (Wildman–Crippen LogP) is 0.927. The number of hydrogen-bond acceptors (Lipinski definition) is 5. The van der Waals surface area contributed by atoms with E-state index in [-0.39, 0.29) is 37.0 Å². The molecule has 0 fully saturated rings. The van der Waals surface area contributed by atoms with E-state index in [0.717, 1.165) is 4.88 Å². The lowest BCUT2D eigenvalue weighted by Crippen LogP contribution is -2.34. The highest BCUT2D eigenvalue weighted by atomic mass is 32.1. The number of aliphatic hydroxyl groups is 1. The average molecular weight is 322 g/mol. The van der Waals surface area contributed by atoms with Crippen LogP contribution in [0.1, 0.15) is 21.3 Å². The third-order valence-corrected chi connectivity index (χ3v) is 4.05. The number of pyridine rings is 1. The minimum atomic E-state index is -0.435. The molecule has 0 aliphatic rings. The van der Waals surface area contributed by atoms with Gasteiger partial charge in [0.25, 0.3) is 11.5 Å². The molecule has 0 aromatic carbocycles. The fourth-order valence-corrected chi connectivity index (χ4v) is 2.74. The maximum atomic E-state index is 12.1. The maximum Gasteiger partial charge on any atom is 0.263 e. The molecule has 0 saturated carbocycles. The van der Waals surface area contributed by atoms with E-state index in [9.17, 15) is 9.59 Å². The monoisotopic (exact) mass is 322 g/mol. The number of aliphatic hydroxyl groups excluding tert-OH is 1. The number of aryl methyl sites for hydroxylation is 1. The third-order valence-electron chi connectivity index (χ3n) is 3.09. The second kappa shape index (κ2) is 7.88. The smallest absolute Gasteiger partial charge is 0.263 e. The Labute approximate surface area is 132 Å². The summed E-state index contributed by atoms with van der Waals surface area (Å²) in [5.41, 5.74) is -0.249. The molecule has 2 heterocycles. The Hall–Kier alpha value is -1.96. The largest absolute Gasteiger partial charge is 0.394 e. The van der Waals surface area contributed by atoms with Crippen LogP contribution >= 0.6 is 11.3 Å². The average Bonchev–Trinajstić information content (AvgIpc) is 3.04. The van der Waals surface area contributed by atoms with Crippen LogP contribution in [0.3, 0.4) is 0 Å². The highest BCUT2D eigenvalue weighted by molar-refractivity contribution is 7.10. The van der Waals surface area contributed by atoms with E-state index >= 15 is 0 Å². The van der Waals surface area contributed by atoms with Crippen molar-refractivity contribution < 1.29 is 14.6 Å². The first-order chi connectivity index (χ1) is 10.6. The standard InChI is InChI=1S/C15H18N2O4S/c1-17-6-2-4-11(15(17)20)14(19)16-10-12(21-8-7-18)13-5-3-9-22-13/h2-6,9,12,18H,7-8,10H2,1H3,(H,16,19)/t12-/m0/s1. The lowest BCUT2D eigenvalue weighted by atomic mass is 10.2. The molecule has 7 heteroatoms. The number of nitrogens with one attached hydrogen (secondary N) is 1. The van der Waals surface area contributed by atoms with Crippen LogP contribution in [-0.4, -0.2) is 35.3 Å². The quantitative estimate of drug-likeness (QED) is 0.794. The van der Waals surface area contributed by atoms with Crippen LogP contribution in [0.15, 0.2) is 40.6 Å². The SMILES string of the molecule is Cn1cccc(C(=O)NC[C@H](OCCO)c2cccs2)c1=O. The summed E-state index contributed by atoms with van der Waals surface area (Å²) >= 11 is 1.51. The molecular weight excluding hydrogens is 304 g/mol. The Bertz CT molecular complexity index is 666. The number of nitrogens with zero attached hydrogens (tertiary/aromatic N) is 1. The number of hydrogen-bond donors (Lipinski definition) is 2. The predicted molar refractivity (Wildman–Crippen MR) is 84.1 cm³/mol. The van der Waals surface area contributed by atoms with Gasteiger partial charge in [0.15, 0.2) is 0 Å². The van der Waals surface area contributed by atoms with E-state index in [4.69, 9.17) is 9.84 Å². The lowest BCUT2D eigenvalue weighted by molar-refractivity contribution is 0.0296. The van der Waals surface area contributed by atoms with Crippen LogP contribution in [0.5, 0.6) is 0 Å². The third kappa shape index (κ3) is 4.03. The zero-order valence-electron chi connectivity index (χ0n) is 12.2. The minimum Gasteiger partial charge on any atom is -0.394 e. The van der Waals surface area contributed by atoms with Crippen LogP contribution in [0.2, 0.25) is 0 Å². The fraction of sp³-hybridized carbons (Fsp3) is 0.333. The van der Waals surface area contributed by atoms with Crippen molar-refractivity contribution in [3.05, 3.63) is 56.6 Å². The Morgan fingerprint density at radius 2 is 2.27 bits per heavy atom. The van der Waals surface area contributed by atoms with E-state index in [1.807, 2.05) is 17.5 Å². The molecule has 6 nitrogen and oxygen atoms in total. The molecule has 1 atom stereocenters. The van der Waals surface area contributed by atoms with E-state index in [1.54, 1.807) is 19.3 Å². The molecule has 0 bridgehead atoms. The topological polar surface area (TPSA) is 80.6 Å². The van der Waals surface area contributed by atoms with Crippen molar-refractivity contribution in [1.29, 1.82) is 0 Å². The van der Waals surface area contributed by atoms with Crippen LogP contribution in [-0.2, 0) is 11.8 Å². The molecule has 22 heavy (non-hydrogen) atoms. The van der Waals surface area contributed by atoms with E-state index in [0.29, 0.717) is 0 Å². The van der Waals surface area contributed by atoms with Crippen molar-refractivity contribution in [3.63, 3.8) is 0 Å². The normalized spacial score (nSPS) is 12.1. The summed E-state index contributed by atoms with van der Waals surface area (Å²) in [6.45, 7) is 0.331. The van der Waals surface area contributed by atoms with Gasteiger partial charge in [-0.25, -0.2) is 0 Å². The van der Waals surface area contributed by atoms with Gasteiger partial charge in [-0.3, -0.25) is 9.59 Å². The first-order valence-corrected chi connectivity index (χ1v) is 7.71. The van der Waals surface area contributed by atoms with Crippen molar-refractivity contribution in [2.24, 2.45) is 7.05 Å². The number of aromatic nitrogens is 1. The minimum absolute atomic E-state index is 0.0882. The first-order valence-electron chi connectivity index (χ1n) is 6.83. The lowest BCUT2D eigenvalue weighted by Gasteiger charge is -2.16. The summed E-state index contributed by atoms with van der Waals surface area (Å²) < 4.78 is 6.89. The van der Waals surface area contributed by atoms with Crippen molar-refractivity contribution in [2.45, 2.75) is 6.10 Å². The zero-order chi connectivity index (χ0) is 15.9. The summed E-state index contributed by atoms with van der Waals surface area (Å²) in [7, 11) is 1.60. The van der Waals surface area contributed by atoms with E-state index < -0.39 is 5.91 Å². The van der Waals surface area contributed by atoms with Crippen molar-refractivity contribution in [3.8, 4) is 0 Å². The highest BCUT2D eigenvalue weighted by Gasteiger charge is 2.17. The molecule has 0 saturated heterocycles. The second-order valence-electron chi connectivity index (χ2n) is 4.65. The molecule has 2 N–H and O–H groups in total. The molecule has 1 amide bonds. The number of ether oxygens (including phenoxy) is 1. The molecule has 0 aliphatic heterocycles. The van der Waals surface area contributed by atoms with Gasteiger partial charge in [-0.1, -0.05) is 6.07 Å². The Kier molecular flexibility index (Phi) is 5.88. The van der Waals surface area contributed by atoms with Gasteiger partial charge in [0.2, 0.25) is 0 Å². The molecule has 0 aliphatic carbocycles. The number of carbonyl (C=O) groups is 1. The van der Waals surface area contributed by atoms with Gasteiger partial charge < -0.3 is 19.7 Å². The summed E-state index contributed by atoms with van der Waals surface area (Å²) in [6.07, 6.45) is 1.25. The van der Waals surface area contributed by atoms with Crippen LogP contribution in [0.4, 0.5) is 0 Å². The van der Waals surface area contributed by atoms with Crippen LogP contribution < -0.4 is 10.9 Å². The van der Waals surface area contributed by atoms with Crippen molar-refractivity contribution in [2.75, 3.05) is 19.8 Å². The summed E-state index contributed by atoms with van der Waals surface area (Å²) in [6, 6.07) is 6.94. The Balaban J connectivity index is 2.04. The fourth-order valence-electron chi connectivity index (χ4n) is 1.96. The van der Waals surface area contributed by atoms with Gasteiger partial charge in [-0.05, 0) is 23.6 Å². The van der Waals surface area contributed by atoms with E-state index in [2.05, 4.69) is 5.32 Å². The molecule has 0 spiro atoms. The molecule has 2 rings (SSSR count). The highest BCUT2D eigenvalue weighted by Crippen LogP contribution is 2.21. The molecule has 0 radical (unpaired) electrons. The molecule has 2 aromatic rings. The number of thiophene rings is 1. The van der Waals surface area contributed by atoms with Gasteiger partial charge in [0.05, 0.1) is 13.2 Å². The number of rotatable bonds is 7. The summed E-state index contributed by atoms with van der Waals surface area (Å²) in [5, 5.41) is 13.5. The first kappa shape index (κ1) is 16.4. The van der Waals surface area contributed by atoms with Crippen molar-refractivity contribution >= 4 is 17.2 Å². The van der Waals surface area contributed by atoms with Gasteiger partial charge in [-0.2, -0.15) is 0 Å². The Morgan fingerprint density at radius 1 is 1.45 bits per heavy atom. The molecular formula is C15H18N2O4S. The number of carbonyl (C=O) groups excluding carboxylic acids is 1. The summed E-state index contributed by atoms with van der Waals surface area (Å²) in [4.78, 5) is 25.0. The molecule has 0 unspecified atom stereocenters. The maximum absolute atomic E-state index is 12.1. The van der Waals surface area contributed by atoms with Gasteiger partial charge >= 0.3 is 0 Å². The van der Waals surface area contributed by atoms with Gasteiger partial charge in [0, 0.05) is 24.7 Å². The van der Waals surface area contributed by atoms with Gasteiger partial charge in [-0.15, -0.1) is 11.3 Å². The zero-order valence-corrected chi connectivity index (χ0v) is 13.0. The molecule has 118 valence electrons.